The molecule has 0 saturated heterocycles. The summed E-state index contributed by atoms with van der Waals surface area (Å²) in [6, 6.07) is 20.6. The number of methoxy groups -OCH3 is 2. The number of benzene rings is 3. The van der Waals surface area contributed by atoms with E-state index in [-0.39, 0.29) is 17.9 Å². The SMILES string of the molecule is COC(=O)c1ccc(Nc2ccc3c(c2)N(Cc2ccc(OC)cc2)C(C)C(=O)N3C)cc1. The molecule has 170 valence electrons. The van der Waals surface area contributed by atoms with Crippen molar-refractivity contribution in [1.29, 1.82) is 0 Å². The number of likely N-dealkylation sites (N-methyl/N-ethyl adjacent to an activating group) is 1. The number of anilines is 4. The monoisotopic (exact) mass is 445 g/mol. The Bertz CT molecular complexity index is 1160. The van der Waals surface area contributed by atoms with E-state index in [1.165, 1.54) is 7.11 Å². The summed E-state index contributed by atoms with van der Waals surface area (Å²) in [4.78, 5) is 28.4. The Labute approximate surface area is 193 Å². The molecule has 0 bridgehead atoms. The number of ether oxygens (including phenoxy) is 2. The van der Waals surface area contributed by atoms with Crippen LogP contribution in [0.3, 0.4) is 0 Å². The molecular weight excluding hydrogens is 418 g/mol. The number of hydrogen-bond acceptors (Lipinski definition) is 6. The maximum absolute atomic E-state index is 12.9. The van der Waals surface area contributed by atoms with Crippen LogP contribution >= 0.6 is 0 Å². The lowest BCUT2D eigenvalue weighted by atomic mass is 10.0. The van der Waals surface area contributed by atoms with Crippen LogP contribution in [0.1, 0.15) is 22.8 Å². The molecule has 7 nitrogen and oxygen atoms in total. The smallest absolute Gasteiger partial charge is 0.337 e. The zero-order valence-corrected chi connectivity index (χ0v) is 19.2. The third kappa shape index (κ3) is 4.48. The van der Waals surface area contributed by atoms with E-state index in [0.717, 1.165) is 34.1 Å². The van der Waals surface area contributed by atoms with E-state index in [1.807, 2.05) is 61.5 Å². The molecule has 7 heteroatoms. The van der Waals surface area contributed by atoms with Gasteiger partial charge in [-0.3, -0.25) is 4.79 Å². The lowest BCUT2D eigenvalue weighted by Crippen LogP contribution is -2.50. The summed E-state index contributed by atoms with van der Waals surface area (Å²) in [5, 5.41) is 3.38. The van der Waals surface area contributed by atoms with E-state index in [9.17, 15) is 9.59 Å². The normalized spacial score (nSPS) is 15.2. The molecular formula is C26H27N3O4. The van der Waals surface area contributed by atoms with Gasteiger partial charge in [0, 0.05) is 25.0 Å². The molecule has 0 fully saturated rings. The molecule has 1 aliphatic heterocycles. The predicted octanol–water partition coefficient (Wildman–Crippen LogP) is 4.60. The standard InChI is InChI=1S/C26H27N3O4/c1-17-25(30)28(2)23-14-11-21(27-20-9-7-19(8-10-20)26(31)33-4)15-24(23)29(17)16-18-5-12-22(32-3)13-6-18/h5-15,17,27H,16H2,1-4H3. The van der Waals surface area contributed by atoms with Gasteiger partial charge in [-0.25, -0.2) is 4.79 Å². The number of amides is 1. The Morgan fingerprint density at radius 2 is 1.61 bits per heavy atom. The highest BCUT2D eigenvalue weighted by molar-refractivity contribution is 6.05. The van der Waals surface area contributed by atoms with Gasteiger partial charge in [-0.1, -0.05) is 12.1 Å². The number of fused-ring (bicyclic) bond motifs is 1. The Morgan fingerprint density at radius 3 is 2.24 bits per heavy atom. The number of carbonyl (C=O) groups excluding carboxylic acids is 2. The number of nitrogens with one attached hydrogen (secondary N) is 1. The van der Waals surface area contributed by atoms with Crippen molar-refractivity contribution >= 4 is 34.6 Å². The molecule has 1 heterocycles. The molecule has 0 saturated carbocycles. The van der Waals surface area contributed by atoms with Crippen LogP contribution in [0, 0.1) is 0 Å². The number of hydrogen-bond donors (Lipinski definition) is 1. The van der Waals surface area contributed by atoms with Crippen LogP contribution in [-0.4, -0.2) is 39.2 Å². The van der Waals surface area contributed by atoms with E-state index in [1.54, 1.807) is 31.2 Å². The van der Waals surface area contributed by atoms with Crippen molar-refractivity contribution in [1.82, 2.24) is 0 Å². The minimum absolute atomic E-state index is 0.0510. The summed E-state index contributed by atoms with van der Waals surface area (Å²) >= 11 is 0. The Balaban J connectivity index is 1.63. The van der Waals surface area contributed by atoms with Gasteiger partial charge in [-0.15, -0.1) is 0 Å². The fraction of sp³-hybridized carbons (Fsp3) is 0.231. The summed E-state index contributed by atoms with van der Waals surface area (Å²) in [5.74, 6) is 0.479. The summed E-state index contributed by atoms with van der Waals surface area (Å²) in [7, 11) is 4.81. The van der Waals surface area contributed by atoms with Crippen LogP contribution in [0.5, 0.6) is 5.75 Å². The van der Waals surface area contributed by atoms with E-state index >= 15 is 0 Å². The van der Waals surface area contributed by atoms with Crippen molar-refractivity contribution in [3.05, 3.63) is 77.9 Å². The summed E-state index contributed by atoms with van der Waals surface area (Å²) in [5.41, 5.74) is 5.14. The first-order valence-electron chi connectivity index (χ1n) is 10.7. The van der Waals surface area contributed by atoms with E-state index in [2.05, 4.69) is 10.2 Å². The van der Waals surface area contributed by atoms with Crippen molar-refractivity contribution in [3.8, 4) is 5.75 Å². The van der Waals surface area contributed by atoms with Crippen LogP contribution in [-0.2, 0) is 16.1 Å². The van der Waals surface area contributed by atoms with Gasteiger partial charge in [-0.2, -0.15) is 0 Å². The van der Waals surface area contributed by atoms with Crippen LogP contribution in [0.15, 0.2) is 66.7 Å². The molecule has 33 heavy (non-hydrogen) atoms. The Kier molecular flexibility index (Phi) is 6.22. The largest absolute Gasteiger partial charge is 0.497 e. The van der Waals surface area contributed by atoms with Gasteiger partial charge in [0.05, 0.1) is 31.2 Å². The van der Waals surface area contributed by atoms with Gasteiger partial charge in [0.1, 0.15) is 11.8 Å². The first-order chi connectivity index (χ1) is 15.9. The van der Waals surface area contributed by atoms with Crippen LogP contribution in [0.25, 0.3) is 0 Å². The molecule has 0 spiro atoms. The number of rotatable bonds is 6. The first-order valence-corrected chi connectivity index (χ1v) is 10.7. The second kappa shape index (κ2) is 9.24. The third-order valence-corrected chi connectivity index (χ3v) is 5.91. The number of esters is 1. The molecule has 1 amide bonds. The zero-order chi connectivity index (χ0) is 23.5. The van der Waals surface area contributed by atoms with Gasteiger partial charge in [0.25, 0.3) is 0 Å². The molecule has 0 aliphatic carbocycles. The lowest BCUT2D eigenvalue weighted by molar-refractivity contribution is -0.119. The van der Waals surface area contributed by atoms with Crippen molar-refractivity contribution in [2.75, 3.05) is 36.4 Å². The van der Waals surface area contributed by atoms with Gasteiger partial charge in [-0.05, 0) is 67.1 Å². The first kappa shape index (κ1) is 22.2. The van der Waals surface area contributed by atoms with Gasteiger partial charge in [0.2, 0.25) is 5.91 Å². The quantitative estimate of drug-likeness (QED) is 0.560. The molecule has 3 aromatic carbocycles. The van der Waals surface area contributed by atoms with Gasteiger partial charge in [0.15, 0.2) is 0 Å². The summed E-state index contributed by atoms with van der Waals surface area (Å²) < 4.78 is 10.0. The predicted molar refractivity (Wildman–Crippen MR) is 130 cm³/mol. The summed E-state index contributed by atoms with van der Waals surface area (Å²) in [6.07, 6.45) is 0. The topological polar surface area (TPSA) is 71.1 Å². The average Bonchev–Trinajstić information content (AvgIpc) is 2.85. The van der Waals surface area contributed by atoms with Gasteiger partial charge < -0.3 is 24.6 Å². The van der Waals surface area contributed by atoms with E-state index in [0.29, 0.717) is 12.1 Å². The highest BCUT2D eigenvalue weighted by Gasteiger charge is 2.33. The zero-order valence-electron chi connectivity index (χ0n) is 19.2. The van der Waals surface area contributed by atoms with E-state index < -0.39 is 0 Å². The molecule has 1 unspecified atom stereocenters. The Morgan fingerprint density at radius 1 is 0.939 bits per heavy atom. The maximum Gasteiger partial charge on any atom is 0.337 e. The minimum atomic E-state index is -0.369. The lowest BCUT2D eigenvalue weighted by Gasteiger charge is -2.40. The van der Waals surface area contributed by atoms with Gasteiger partial charge >= 0.3 is 5.97 Å². The fourth-order valence-corrected chi connectivity index (χ4v) is 3.98. The highest BCUT2D eigenvalue weighted by atomic mass is 16.5. The molecule has 3 aromatic rings. The highest BCUT2D eigenvalue weighted by Crippen LogP contribution is 2.39. The maximum atomic E-state index is 12.9. The third-order valence-electron chi connectivity index (χ3n) is 5.91. The second-order valence-corrected chi connectivity index (χ2v) is 7.95. The van der Waals surface area contributed by atoms with Crippen molar-refractivity contribution < 1.29 is 19.1 Å². The molecule has 1 N–H and O–H groups in total. The van der Waals surface area contributed by atoms with Crippen LogP contribution in [0.2, 0.25) is 0 Å². The molecule has 1 aliphatic rings. The van der Waals surface area contributed by atoms with Crippen molar-refractivity contribution in [3.63, 3.8) is 0 Å². The van der Waals surface area contributed by atoms with Crippen LogP contribution in [0.4, 0.5) is 22.7 Å². The Hall–Kier alpha value is -4.00. The molecule has 4 rings (SSSR count). The van der Waals surface area contributed by atoms with Crippen molar-refractivity contribution in [2.24, 2.45) is 0 Å². The molecule has 1 atom stereocenters. The minimum Gasteiger partial charge on any atom is -0.497 e. The number of carbonyl (C=O) groups is 2. The number of nitrogens with zero attached hydrogens (tertiary/aromatic N) is 2. The molecule has 0 aromatic heterocycles. The van der Waals surface area contributed by atoms with Crippen LogP contribution < -0.4 is 19.9 Å². The van der Waals surface area contributed by atoms with Crippen molar-refractivity contribution in [2.45, 2.75) is 19.5 Å². The summed E-state index contributed by atoms with van der Waals surface area (Å²) in [6.45, 7) is 2.52. The fourth-order valence-electron chi connectivity index (χ4n) is 3.98. The second-order valence-electron chi connectivity index (χ2n) is 7.95. The molecule has 0 radical (unpaired) electrons. The average molecular weight is 446 g/mol. The van der Waals surface area contributed by atoms with E-state index in [4.69, 9.17) is 9.47 Å².